The van der Waals surface area contributed by atoms with E-state index in [2.05, 4.69) is 25.2 Å². The summed E-state index contributed by atoms with van der Waals surface area (Å²) in [5, 5.41) is 3.91. The Kier molecular flexibility index (Phi) is 6.43. The van der Waals surface area contributed by atoms with Crippen LogP contribution in [0.15, 0.2) is 36.8 Å². The molecule has 10 heteroatoms. The minimum absolute atomic E-state index is 0.220. The van der Waals surface area contributed by atoms with Crippen molar-refractivity contribution in [1.82, 2.24) is 24.8 Å². The summed E-state index contributed by atoms with van der Waals surface area (Å²) in [6, 6.07) is 7.75. The molecule has 0 unspecified atom stereocenters. The molecule has 2 aromatic heterocycles. The first kappa shape index (κ1) is 21.2. The summed E-state index contributed by atoms with van der Waals surface area (Å²) in [5.41, 5.74) is 2.13. The van der Waals surface area contributed by atoms with E-state index in [1.54, 1.807) is 6.20 Å². The lowest BCUT2D eigenvalue weighted by molar-refractivity contribution is -0.142. The number of methoxy groups -OCH3 is 1. The van der Waals surface area contributed by atoms with Crippen molar-refractivity contribution in [2.45, 2.75) is 18.9 Å². The molecular weight excluding hydrogens is 418 g/mol. The van der Waals surface area contributed by atoms with Gasteiger partial charge in [0.2, 0.25) is 5.95 Å². The van der Waals surface area contributed by atoms with E-state index in [4.69, 9.17) is 21.3 Å². The molecule has 0 spiro atoms. The van der Waals surface area contributed by atoms with Crippen molar-refractivity contribution >= 4 is 46.1 Å². The number of nitrogens with one attached hydrogen (secondary N) is 1. The van der Waals surface area contributed by atoms with Crippen LogP contribution < -0.4 is 10.2 Å². The number of fused-ring (bicyclic) bond motifs is 1. The molecule has 4 rings (SSSR count). The average Bonchev–Trinajstić information content (AvgIpc) is 2.79. The highest BCUT2D eigenvalue weighted by molar-refractivity contribution is 6.30. The number of benzene rings is 1. The zero-order valence-corrected chi connectivity index (χ0v) is 18.2. The third-order valence-electron chi connectivity index (χ3n) is 5.43. The highest BCUT2D eigenvalue weighted by Crippen LogP contribution is 2.25. The number of rotatable bonds is 6. The zero-order valence-electron chi connectivity index (χ0n) is 17.5. The molecule has 3 aromatic rings. The molecule has 1 aromatic carbocycles. The third-order valence-corrected chi connectivity index (χ3v) is 5.66. The van der Waals surface area contributed by atoms with E-state index < -0.39 is 0 Å². The number of hydrogen-bond donors (Lipinski definition) is 1. The Labute approximate surface area is 185 Å². The maximum Gasteiger partial charge on any atom is 0.319 e. The second kappa shape index (κ2) is 9.40. The number of carbonyl (C=O) groups is 1. The first-order chi connectivity index (χ1) is 15.0. The third kappa shape index (κ3) is 5.00. The van der Waals surface area contributed by atoms with Gasteiger partial charge in [-0.05, 0) is 38.1 Å². The van der Waals surface area contributed by atoms with Crippen LogP contribution >= 0.6 is 11.6 Å². The molecule has 0 saturated carbocycles. The molecule has 0 radical (unpaired) electrons. The molecule has 1 aliphatic heterocycles. The van der Waals surface area contributed by atoms with E-state index in [-0.39, 0.29) is 5.97 Å². The number of ether oxygens (including phenoxy) is 1. The van der Waals surface area contributed by atoms with Gasteiger partial charge in [0.1, 0.15) is 17.4 Å². The Morgan fingerprint density at radius 3 is 2.84 bits per heavy atom. The first-order valence-electron chi connectivity index (χ1n) is 10.1. The number of esters is 1. The molecule has 162 valence electrons. The summed E-state index contributed by atoms with van der Waals surface area (Å²) in [4.78, 5) is 33.7. The monoisotopic (exact) mass is 441 g/mol. The molecule has 1 aliphatic rings. The number of piperidine rings is 1. The second-order valence-electron chi connectivity index (χ2n) is 7.47. The largest absolute Gasteiger partial charge is 0.468 e. The average molecular weight is 442 g/mol. The van der Waals surface area contributed by atoms with Gasteiger partial charge in [-0.15, -0.1) is 0 Å². The maximum atomic E-state index is 11.5. The predicted octanol–water partition coefficient (Wildman–Crippen LogP) is 2.89. The van der Waals surface area contributed by atoms with E-state index in [1.807, 2.05) is 36.2 Å². The van der Waals surface area contributed by atoms with Crippen LogP contribution in [0.4, 0.5) is 17.5 Å². The van der Waals surface area contributed by atoms with E-state index >= 15 is 0 Å². The lowest BCUT2D eigenvalue weighted by Gasteiger charge is -2.36. The minimum atomic E-state index is -0.220. The summed E-state index contributed by atoms with van der Waals surface area (Å²) in [6.45, 7) is 1.89. The molecule has 1 saturated heterocycles. The number of anilines is 3. The molecule has 3 heterocycles. The van der Waals surface area contributed by atoms with Crippen LogP contribution in [0.2, 0.25) is 5.02 Å². The number of hydrogen-bond acceptors (Lipinski definition) is 9. The highest BCUT2D eigenvalue weighted by atomic mass is 35.5. The molecule has 1 fully saturated rings. The molecule has 0 bridgehead atoms. The Morgan fingerprint density at radius 1 is 1.29 bits per heavy atom. The van der Waals surface area contributed by atoms with Crippen molar-refractivity contribution in [3.8, 4) is 0 Å². The van der Waals surface area contributed by atoms with Gasteiger partial charge in [0.15, 0.2) is 5.82 Å². The fourth-order valence-electron chi connectivity index (χ4n) is 3.70. The van der Waals surface area contributed by atoms with Crippen LogP contribution in [0.3, 0.4) is 0 Å². The number of nitrogens with zero attached hydrogens (tertiary/aromatic N) is 6. The Balaban J connectivity index is 1.50. The molecule has 9 nitrogen and oxygen atoms in total. The Hall–Kier alpha value is -3.04. The first-order valence-corrected chi connectivity index (χ1v) is 10.4. The van der Waals surface area contributed by atoms with Crippen LogP contribution in [0.5, 0.6) is 0 Å². The SMILES string of the molecule is COC(=O)CN(C)C1CCN(c2ncc3ncnc(Nc4cccc(Cl)c4)c3n2)CC1. The fourth-order valence-corrected chi connectivity index (χ4v) is 3.89. The van der Waals surface area contributed by atoms with Crippen molar-refractivity contribution in [2.24, 2.45) is 0 Å². The molecule has 0 aliphatic carbocycles. The van der Waals surface area contributed by atoms with Gasteiger partial charge in [-0.2, -0.15) is 0 Å². The van der Waals surface area contributed by atoms with Gasteiger partial charge in [0, 0.05) is 29.8 Å². The summed E-state index contributed by atoms with van der Waals surface area (Å²) >= 11 is 6.09. The number of halogens is 1. The summed E-state index contributed by atoms with van der Waals surface area (Å²) in [7, 11) is 3.37. The van der Waals surface area contributed by atoms with Crippen LogP contribution in [0.1, 0.15) is 12.8 Å². The Morgan fingerprint density at radius 2 is 2.10 bits per heavy atom. The lowest BCUT2D eigenvalue weighted by Crippen LogP contribution is -2.45. The van der Waals surface area contributed by atoms with Gasteiger partial charge >= 0.3 is 5.97 Å². The van der Waals surface area contributed by atoms with E-state index in [9.17, 15) is 4.79 Å². The standard InChI is InChI=1S/C21H24ClN7O2/c1-28(12-18(30)31-2)16-6-8-29(9-7-16)21-23-11-17-19(27-21)20(25-13-24-17)26-15-5-3-4-14(22)10-15/h3-5,10-11,13,16H,6-9,12H2,1-2H3,(H,24,25,26). The van der Waals surface area contributed by atoms with Gasteiger partial charge in [-0.25, -0.2) is 19.9 Å². The molecular formula is C21H24ClN7O2. The van der Waals surface area contributed by atoms with Gasteiger partial charge in [0.25, 0.3) is 0 Å². The fraction of sp³-hybridized carbons (Fsp3) is 0.381. The smallest absolute Gasteiger partial charge is 0.319 e. The van der Waals surface area contributed by atoms with Gasteiger partial charge in [-0.1, -0.05) is 17.7 Å². The highest BCUT2D eigenvalue weighted by Gasteiger charge is 2.25. The van der Waals surface area contributed by atoms with Crippen molar-refractivity contribution in [1.29, 1.82) is 0 Å². The summed E-state index contributed by atoms with van der Waals surface area (Å²) in [6.07, 6.45) is 5.03. The topological polar surface area (TPSA) is 96.4 Å². The van der Waals surface area contributed by atoms with Crippen molar-refractivity contribution in [2.75, 3.05) is 44.0 Å². The second-order valence-corrected chi connectivity index (χ2v) is 7.91. The number of likely N-dealkylation sites (N-methyl/N-ethyl adjacent to an activating group) is 1. The molecule has 31 heavy (non-hydrogen) atoms. The normalized spacial score (nSPS) is 14.8. The molecule has 1 N–H and O–H groups in total. The maximum absolute atomic E-state index is 11.5. The van der Waals surface area contributed by atoms with Crippen molar-refractivity contribution in [3.05, 3.63) is 41.8 Å². The quantitative estimate of drug-likeness (QED) is 0.579. The van der Waals surface area contributed by atoms with Gasteiger partial charge < -0.3 is 15.0 Å². The lowest BCUT2D eigenvalue weighted by atomic mass is 10.0. The molecule has 0 amide bonds. The van der Waals surface area contributed by atoms with Crippen LogP contribution in [-0.4, -0.2) is 70.6 Å². The van der Waals surface area contributed by atoms with Crippen LogP contribution in [0.25, 0.3) is 11.0 Å². The van der Waals surface area contributed by atoms with Gasteiger partial charge in [-0.3, -0.25) is 9.69 Å². The number of aromatic nitrogens is 4. The number of carbonyl (C=O) groups excluding carboxylic acids is 1. The van der Waals surface area contributed by atoms with Crippen molar-refractivity contribution < 1.29 is 9.53 Å². The predicted molar refractivity (Wildman–Crippen MR) is 120 cm³/mol. The zero-order chi connectivity index (χ0) is 21.8. The summed E-state index contributed by atoms with van der Waals surface area (Å²) in [5.74, 6) is 1.02. The van der Waals surface area contributed by atoms with E-state index in [1.165, 1.54) is 13.4 Å². The van der Waals surface area contributed by atoms with E-state index in [0.29, 0.717) is 40.4 Å². The van der Waals surface area contributed by atoms with Crippen LogP contribution in [0, 0.1) is 0 Å². The van der Waals surface area contributed by atoms with Crippen LogP contribution in [-0.2, 0) is 9.53 Å². The Bertz CT molecular complexity index is 1070. The van der Waals surface area contributed by atoms with Gasteiger partial charge in [0.05, 0.1) is 19.9 Å². The molecule has 0 atom stereocenters. The van der Waals surface area contributed by atoms with Crippen molar-refractivity contribution in [3.63, 3.8) is 0 Å². The summed E-state index contributed by atoms with van der Waals surface area (Å²) < 4.78 is 4.77. The van der Waals surface area contributed by atoms with E-state index in [0.717, 1.165) is 31.6 Å². The minimum Gasteiger partial charge on any atom is -0.468 e.